The fraction of sp³-hybridized carbons (Fsp3) is 0.625. The lowest BCUT2D eigenvalue weighted by atomic mass is 9.76. The van der Waals surface area contributed by atoms with Crippen molar-refractivity contribution in [2.75, 3.05) is 23.7 Å². The van der Waals surface area contributed by atoms with Gasteiger partial charge in [0, 0.05) is 13.1 Å². The normalized spacial score (nSPS) is 17.8. The van der Waals surface area contributed by atoms with E-state index in [1.54, 1.807) is 11.3 Å². The second-order valence-corrected chi connectivity index (χ2v) is 7.19. The summed E-state index contributed by atoms with van der Waals surface area (Å²) < 4.78 is 0. The van der Waals surface area contributed by atoms with Crippen LogP contribution in [0.15, 0.2) is 11.4 Å². The van der Waals surface area contributed by atoms with Crippen molar-refractivity contribution in [3.8, 4) is 0 Å². The average Bonchev–Trinajstić information content (AvgIpc) is 2.94. The molecule has 0 saturated heterocycles. The topological polar surface area (TPSA) is 49.8 Å². The van der Waals surface area contributed by atoms with Crippen LogP contribution in [0.4, 0.5) is 11.8 Å². The summed E-state index contributed by atoms with van der Waals surface area (Å²) >= 11 is 1.67. The first-order valence-corrected chi connectivity index (χ1v) is 8.81. The number of thiophene rings is 1. The molecule has 0 spiro atoms. The Bertz CT molecular complexity index is 601. The van der Waals surface area contributed by atoms with Crippen LogP contribution in [0.25, 0.3) is 10.2 Å². The van der Waals surface area contributed by atoms with Gasteiger partial charge in [-0.05, 0) is 36.6 Å². The highest BCUT2D eigenvalue weighted by Gasteiger charge is 2.26. The molecule has 1 fully saturated rings. The Balaban J connectivity index is 1.80. The molecule has 2 N–H and O–H groups in total. The number of hydrogen-bond donors (Lipinski definition) is 2. The van der Waals surface area contributed by atoms with Gasteiger partial charge in [0.25, 0.3) is 0 Å². The van der Waals surface area contributed by atoms with E-state index in [-0.39, 0.29) is 0 Å². The number of nitrogens with zero attached hydrogens (tertiary/aromatic N) is 2. The van der Waals surface area contributed by atoms with Gasteiger partial charge in [0.1, 0.15) is 10.6 Å². The number of rotatable bonds is 5. The first-order valence-electron chi connectivity index (χ1n) is 7.93. The minimum absolute atomic E-state index is 0.407. The Labute approximate surface area is 130 Å². The fourth-order valence-corrected chi connectivity index (χ4v) is 3.87. The third-order valence-corrected chi connectivity index (χ3v) is 5.21. The summed E-state index contributed by atoms with van der Waals surface area (Å²) in [6, 6.07) is 2.11. The molecule has 4 nitrogen and oxygen atoms in total. The summed E-state index contributed by atoms with van der Waals surface area (Å²) in [4.78, 5) is 10.3. The smallest absolute Gasteiger partial charge is 0.226 e. The lowest BCUT2D eigenvalue weighted by Crippen LogP contribution is -2.29. The van der Waals surface area contributed by atoms with E-state index in [4.69, 9.17) is 0 Å². The summed E-state index contributed by atoms with van der Waals surface area (Å²) in [6.07, 6.45) is 6.75. The van der Waals surface area contributed by atoms with Crippen LogP contribution in [-0.2, 0) is 0 Å². The van der Waals surface area contributed by atoms with Crippen LogP contribution < -0.4 is 10.6 Å². The highest BCUT2D eigenvalue weighted by atomic mass is 32.1. The Kier molecular flexibility index (Phi) is 4.29. The molecule has 0 unspecified atom stereocenters. The Morgan fingerprint density at radius 3 is 2.76 bits per heavy atom. The van der Waals surface area contributed by atoms with E-state index in [1.807, 2.05) is 0 Å². The highest BCUT2D eigenvalue weighted by molar-refractivity contribution is 7.16. The van der Waals surface area contributed by atoms with Gasteiger partial charge in [0.2, 0.25) is 5.95 Å². The van der Waals surface area contributed by atoms with Crippen molar-refractivity contribution in [3.05, 3.63) is 11.4 Å². The van der Waals surface area contributed by atoms with Crippen molar-refractivity contribution in [2.24, 2.45) is 5.41 Å². The molecule has 0 aromatic carbocycles. The molecular weight excluding hydrogens is 280 g/mol. The van der Waals surface area contributed by atoms with Crippen molar-refractivity contribution in [3.63, 3.8) is 0 Å². The van der Waals surface area contributed by atoms with Gasteiger partial charge >= 0.3 is 0 Å². The van der Waals surface area contributed by atoms with Crippen LogP contribution in [0.1, 0.15) is 46.0 Å². The maximum absolute atomic E-state index is 4.65. The van der Waals surface area contributed by atoms with Gasteiger partial charge in [-0.1, -0.05) is 26.2 Å². The van der Waals surface area contributed by atoms with E-state index in [1.165, 1.54) is 32.1 Å². The lowest BCUT2D eigenvalue weighted by molar-refractivity contribution is 0.233. The predicted molar refractivity (Wildman–Crippen MR) is 91.3 cm³/mol. The average molecular weight is 304 g/mol. The second kappa shape index (κ2) is 6.18. The molecule has 114 valence electrons. The van der Waals surface area contributed by atoms with Crippen molar-refractivity contribution < 1.29 is 0 Å². The lowest BCUT2D eigenvalue weighted by Gasteiger charge is -2.33. The zero-order valence-electron chi connectivity index (χ0n) is 12.9. The largest absolute Gasteiger partial charge is 0.369 e. The van der Waals surface area contributed by atoms with Gasteiger partial charge in [-0.25, -0.2) is 4.98 Å². The van der Waals surface area contributed by atoms with Gasteiger partial charge in [-0.2, -0.15) is 4.98 Å². The number of hydrogen-bond acceptors (Lipinski definition) is 5. The maximum atomic E-state index is 4.65. The zero-order chi connectivity index (χ0) is 14.7. The van der Waals surface area contributed by atoms with Crippen molar-refractivity contribution in [1.82, 2.24) is 9.97 Å². The fourth-order valence-electron chi connectivity index (χ4n) is 3.11. The molecule has 2 heterocycles. The summed E-state index contributed by atoms with van der Waals surface area (Å²) in [5, 5.41) is 10.0. The van der Waals surface area contributed by atoms with Gasteiger partial charge < -0.3 is 10.6 Å². The third-order valence-electron chi connectivity index (χ3n) is 4.40. The SMILES string of the molecule is CCNc1nc(NCC2(C)CCCCC2)c2ccsc2n1. The predicted octanol–water partition coefficient (Wildman–Crippen LogP) is 4.51. The van der Waals surface area contributed by atoms with Crippen LogP contribution in [0.5, 0.6) is 0 Å². The number of aromatic nitrogens is 2. The number of fused-ring (bicyclic) bond motifs is 1. The Morgan fingerprint density at radius 1 is 1.19 bits per heavy atom. The van der Waals surface area contributed by atoms with Crippen molar-refractivity contribution in [2.45, 2.75) is 46.0 Å². The minimum Gasteiger partial charge on any atom is -0.369 e. The van der Waals surface area contributed by atoms with Crippen molar-refractivity contribution in [1.29, 1.82) is 0 Å². The second-order valence-electron chi connectivity index (χ2n) is 6.29. The van der Waals surface area contributed by atoms with Crippen molar-refractivity contribution >= 4 is 33.3 Å². The van der Waals surface area contributed by atoms with E-state index in [9.17, 15) is 0 Å². The van der Waals surface area contributed by atoms with E-state index in [0.717, 1.165) is 35.1 Å². The molecule has 1 aliphatic carbocycles. The van der Waals surface area contributed by atoms with Crippen LogP contribution in [-0.4, -0.2) is 23.1 Å². The summed E-state index contributed by atoms with van der Waals surface area (Å²) in [6.45, 7) is 6.31. The molecule has 3 rings (SSSR count). The molecule has 2 aromatic heterocycles. The summed E-state index contributed by atoms with van der Waals surface area (Å²) in [5.74, 6) is 1.70. The third kappa shape index (κ3) is 3.28. The van der Waals surface area contributed by atoms with Crippen LogP contribution in [0, 0.1) is 5.41 Å². The molecule has 0 atom stereocenters. The zero-order valence-corrected chi connectivity index (χ0v) is 13.7. The quantitative estimate of drug-likeness (QED) is 0.853. The molecular formula is C16H24N4S. The van der Waals surface area contributed by atoms with Gasteiger partial charge in [-0.15, -0.1) is 11.3 Å². The summed E-state index contributed by atoms with van der Waals surface area (Å²) in [5.41, 5.74) is 0.407. The summed E-state index contributed by atoms with van der Waals surface area (Å²) in [7, 11) is 0. The Hall–Kier alpha value is -1.36. The molecule has 21 heavy (non-hydrogen) atoms. The molecule has 0 aliphatic heterocycles. The molecule has 0 radical (unpaired) electrons. The number of anilines is 2. The minimum atomic E-state index is 0.407. The van der Waals surface area contributed by atoms with Crippen LogP contribution >= 0.6 is 11.3 Å². The Morgan fingerprint density at radius 2 is 2.00 bits per heavy atom. The molecule has 1 aliphatic rings. The molecule has 0 bridgehead atoms. The molecule has 2 aromatic rings. The first-order chi connectivity index (χ1) is 10.2. The molecule has 1 saturated carbocycles. The van der Waals surface area contributed by atoms with Gasteiger partial charge in [0.05, 0.1) is 5.39 Å². The van der Waals surface area contributed by atoms with E-state index in [0.29, 0.717) is 5.41 Å². The van der Waals surface area contributed by atoms with Gasteiger partial charge in [-0.3, -0.25) is 0 Å². The number of nitrogens with one attached hydrogen (secondary N) is 2. The van der Waals surface area contributed by atoms with Gasteiger partial charge in [0.15, 0.2) is 0 Å². The van der Waals surface area contributed by atoms with E-state index < -0.39 is 0 Å². The molecule has 0 amide bonds. The molecule has 5 heteroatoms. The van der Waals surface area contributed by atoms with E-state index in [2.05, 4.69) is 45.9 Å². The van der Waals surface area contributed by atoms with Crippen LogP contribution in [0.2, 0.25) is 0 Å². The first kappa shape index (κ1) is 14.6. The maximum Gasteiger partial charge on any atom is 0.226 e. The highest BCUT2D eigenvalue weighted by Crippen LogP contribution is 2.36. The monoisotopic (exact) mass is 304 g/mol. The van der Waals surface area contributed by atoms with Crippen LogP contribution in [0.3, 0.4) is 0 Å². The standard InChI is InChI=1S/C16H24N4S/c1-3-17-15-19-13(12-7-10-21-14(12)20-15)18-11-16(2)8-5-4-6-9-16/h7,10H,3-6,8-9,11H2,1-2H3,(H2,17,18,19,20). The van der Waals surface area contributed by atoms with E-state index >= 15 is 0 Å².